The molecular formula is C15H16N4O2. The third-order valence-electron chi connectivity index (χ3n) is 3.80. The molecule has 1 aromatic carbocycles. The van der Waals surface area contributed by atoms with E-state index in [4.69, 9.17) is 0 Å². The minimum Gasteiger partial charge on any atom is -0.320 e. The average Bonchev–Trinajstić information content (AvgIpc) is 2.88. The highest BCUT2D eigenvalue weighted by Gasteiger charge is 2.33. The Hall–Kier alpha value is -2.63. The Bertz CT molecular complexity index is 707. The third kappa shape index (κ3) is 2.29. The molecule has 2 aromatic rings. The number of rotatable bonds is 2. The minimum absolute atomic E-state index is 0.0614. The summed E-state index contributed by atoms with van der Waals surface area (Å²) in [6, 6.07) is 7.49. The number of benzene rings is 1. The normalized spacial score (nSPS) is 17.5. The number of anilines is 2. The van der Waals surface area contributed by atoms with Gasteiger partial charge >= 0.3 is 0 Å². The van der Waals surface area contributed by atoms with Crippen molar-refractivity contribution < 1.29 is 9.59 Å². The highest BCUT2D eigenvalue weighted by Crippen LogP contribution is 2.35. The zero-order chi connectivity index (χ0) is 15.0. The maximum Gasteiger partial charge on any atom is 0.234 e. The van der Waals surface area contributed by atoms with E-state index in [1.165, 1.54) is 0 Å². The summed E-state index contributed by atoms with van der Waals surface area (Å²) < 4.78 is 1.72. The zero-order valence-electron chi connectivity index (χ0n) is 11.9. The number of carbonyl (C=O) groups is 2. The number of amides is 2. The van der Waals surface area contributed by atoms with Crippen molar-refractivity contribution in [3.63, 3.8) is 0 Å². The molecule has 0 saturated carbocycles. The Morgan fingerprint density at radius 3 is 2.81 bits per heavy atom. The number of nitrogens with zero attached hydrogens (tertiary/aromatic N) is 3. The Morgan fingerprint density at radius 1 is 1.33 bits per heavy atom. The van der Waals surface area contributed by atoms with E-state index in [0.717, 1.165) is 11.3 Å². The molecule has 1 aliphatic rings. The molecule has 6 heteroatoms. The fraction of sp³-hybridized carbons (Fsp3) is 0.267. The Balaban J connectivity index is 1.92. The van der Waals surface area contributed by atoms with Gasteiger partial charge in [-0.3, -0.25) is 14.9 Å². The molecule has 0 saturated heterocycles. The summed E-state index contributed by atoms with van der Waals surface area (Å²) in [5.74, 6) is -0.280. The van der Waals surface area contributed by atoms with Crippen LogP contribution in [0.25, 0.3) is 0 Å². The number of fused-ring (bicyclic) bond motifs is 1. The fourth-order valence-corrected chi connectivity index (χ4v) is 2.56. The summed E-state index contributed by atoms with van der Waals surface area (Å²) in [5.41, 5.74) is 1.65. The van der Waals surface area contributed by atoms with E-state index >= 15 is 0 Å². The van der Waals surface area contributed by atoms with Crippen LogP contribution in [0.1, 0.15) is 17.9 Å². The van der Waals surface area contributed by atoms with Crippen LogP contribution in [0.5, 0.6) is 0 Å². The van der Waals surface area contributed by atoms with Gasteiger partial charge in [0.2, 0.25) is 17.8 Å². The van der Waals surface area contributed by atoms with Crippen LogP contribution >= 0.6 is 0 Å². The maximum absolute atomic E-state index is 12.5. The number of carbonyl (C=O) groups excluding carboxylic acids is 2. The molecule has 6 nitrogen and oxygen atoms in total. The molecule has 0 fully saturated rings. The molecule has 1 atom stereocenters. The van der Waals surface area contributed by atoms with E-state index in [0.29, 0.717) is 5.95 Å². The van der Waals surface area contributed by atoms with E-state index in [1.807, 2.05) is 24.3 Å². The summed E-state index contributed by atoms with van der Waals surface area (Å²) >= 11 is 0. The second-order valence-electron chi connectivity index (χ2n) is 5.12. The van der Waals surface area contributed by atoms with Crippen molar-refractivity contribution in [3.8, 4) is 0 Å². The van der Waals surface area contributed by atoms with Crippen molar-refractivity contribution in [1.82, 2.24) is 9.55 Å². The first-order chi connectivity index (χ1) is 10.1. The van der Waals surface area contributed by atoms with Crippen LogP contribution in [0.4, 0.5) is 11.6 Å². The van der Waals surface area contributed by atoms with Crippen LogP contribution < -0.4 is 10.2 Å². The van der Waals surface area contributed by atoms with Gasteiger partial charge in [0.05, 0.1) is 5.92 Å². The van der Waals surface area contributed by atoms with Gasteiger partial charge in [-0.2, -0.15) is 0 Å². The lowest BCUT2D eigenvalue weighted by molar-refractivity contribution is -0.124. The molecule has 3 rings (SSSR count). The number of imidazole rings is 1. The van der Waals surface area contributed by atoms with Crippen LogP contribution in [-0.4, -0.2) is 28.4 Å². The second kappa shape index (κ2) is 5.05. The third-order valence-corrected chi connectivity index (χ3v) is 3.80. The van der Waals surface area contributed by atoms with E-state index in [2.05, 4.69) is 10.3 Å². The van der Waals surface area contributed by atoms with Crippen molar-refractivity contribution >= 4 is 23.5 Å². The molecule has 21 heavy (non-hydrogen) atoms. The summed E-state index contributed by atoms with van der Waals surface area (Å²) in [6.45, 7) is 0. The lowest BCUT2D eigenvalue weighted by atomic mass is 9.89. The molecule has 0 bridgehead atoms. The van der Waals surface area contributed by atoms with Gasteiger partial charge in [0.15, 0.2) is 0 Å². The predicted octanol–water partition coefficient (Wildman–Crippen LogP) is 1.51. The van der Waals surface area contributed by atoms with Gasteiger partial charge in [0, 0.05) is 38.6 Å². The van der Waals surface area contributed by atoms with Crippen LogP contribution in [0.2, 0.25) is 0 Å². The van der Waals surface area contributed by atoms with Gasteiger partial charge in [-0.05, 0) is 11.6 Å². The lowest BCUT2D eigenvalue weighted by Crippen LogP contribution is -2.37. The first kappa shape index (κ1) is 13.4. The predicted molar refractivity (Wildman–Crippen MR) is 79.0 cm³/mol. The first-order valence-corrected chi connectivity index (χ1v) is 6.71. The van der Waals surface area contributed by atoms with E-state index in [1.54, 1.807) is 36.0 Å². The molecule has 0 radical (unpaired) electrons. The zero-order valence-corrected chi connectivity index (χ0v) is 11.9. The molecule has 108 valence electrons. The monoisotopic (exact) mass is 284 g/mol. The quantitative estimate of drug-likeness (QED) is 0.909. The molecule has 0 spiro atoms. The van der Waals surface area contributed by atoms with Crippen LogP contribution in [-0.2, 0) is 16.6 Å². The van der Waals surface area contributed by atoms with Crippen molar-refractivity contribution in [2.45, 2.75) is 12.3 Å². The standard InChI is InChI=1S/C15H16N4O2/c1-18-8-7-16-15(18)17-14(21)11-9-13(20)19(2)12-6-4-3-5-10(11)12/h3-8,11H,9H2,1-2H3,(H,16,17,21). The molecule has 1 unspecified atom stereocenters. The number of para-hydroxylation sites is 1. The van der Waals surface area contributed by atoms with Gasteiger partial charge in [-0.15, -0.1) is 0 Å². The fourth-order valence-electron chi connectivity index (χ4n) is 2.56. The summed E-state index contributed by atoms with van der Waals surface area (Å²) in [7, 11) is 3.53. The Labute approximate surface area is 122 Å². The van der Waals surface area contributed by atoms with Gasteiger partial charge in [0.25, 0.3) is 0 Å². The number of nitrogens with one attached hydrogen (secondary N) is 1. The molecule has 1 N–H and O–H groups in total. The Morgan fingerprint density at radius 2 is 2.10 bits per heavy atom. The Kier molecular flexibility index (Phi) is 3.21. The number of aryl methyl sites for hydroxylation is 1. The number of aromatic nitrogens is 2. The molecule has 1 aromatic heterocycles. The van der Waals surface area contributed by atoms with Gasteiger partial charge in [-0.1, -0.05) is 18.2 Å². The highest BCUT2D eigenvalue weighted by atomic mass is 16.2. The number of hydrogen-bond acceptors (Lipinski definition) is 3. The summed E-state index contributed by atoms with van der Waals surface area (Å²) in [5, 5.41) is 2.78. The highest BCUT2D eigenvalue weighted by molar-refractivity contribution is 6.05. The van der Waals surface area contributed by atoms with Crippen molar-refractivity contribution in [2.75, 3.05) is 17.3 Å². The number of hydrogen-bond donors (Lipinski definition) is 1. The summed E-state index contributed by atoms with van der Waals surface area (Å²) in [6.07, 6.45) is 3.54. The van der Waals surface area contributed by atoms with Gasteiger partial charge < -0.3 is 9.47 Å². The lowest BCUT2D eigenvalue weighted by Gasteiger charge is -2.30. The molecule has 1 aliphatic heterocycles. The van der Waals surface area contributed by atoms with Crippen LogP contribution in [0.3, 0.4) is 0 Å². The van der Waals surface area contributed by atoms with E-state index < -0.39 is 5.92 Å². The van der Waals surface area contributed by atoms with E-state index in [9.17, 15) is 9.59 Å². The largest absolute Gasteiger partial charge is 0.320 e. The van der Waals surface area contributed by atoms with E-state index in [-0.39, 0.29) is 18.2 Å². The van der Waals surface area contributed by atoms with Crippen molar-refractivity contribution in [3.05, 3.63) is 42.2 Å². The second-order valence-corrected chi connectivity index (χ2v) is 5.12. The van der Waals surface area contributed by atoms with Gasteiger partial charge in [-0.25, -0.2) is 4.98 Å². The topological polar surface area (TPSA) is 67.2 Å². The van der Waals surface area contributed by atoms with Crippen molar-refractivity contribution in [2.24, 2.45) is 7.05 Å². The van der Waals surface area contributed by atoms with Crippen LogP contribution in [0, 0.1) is 0 Å². The van der Waals surface area contributed by atoms with Crippen molar-refractivity contribution in [1.29, 1.82) is 0 Å². The first-order valence-electron chi connectivity index (χ1n) is 6.71. The SMILES string of the molecule is CN1C(=O)CC(C(=O)Nc2nccn2C)c2ccccc21. The average molecular weight is 284 g/mol. The molecule has 2 amide bonds. The van der Waals surface area contributed by atoms with Crippen LogP contribution in [0.15, 0.2) is 36.7 Å². The molecular weight excluding hydrogens is 268 g/mol. The molecule has 2 heterocycles. The molecule has 0 aliphatic carbocycles. The summed E-state index contributed by atoms with van der Waals surface area (Å²) in [4.78, 5) is 30.2. The smallest absolute Gasteiger partial charge is 0.234 e. The maximum atomic E-state index is 12.5. The van der Waals surface area contributed by atoms with Gasteiger partial charge in [0.1, 0.15) is 0 Å². The minimum atomic E-state index is -0.485.